The molecule has 2 heterocycles. The number of hydrogen-bond donors (Lipinski definition) is 2. The van der Waals surface area contributed by atoms with E-state index in [1.54, 1.807) is 33.2 Å². The molecule has 1 saturated heterocycles. The number of carbonyl (C=O) groups excluding carboxylic acids is 1. The summed E-state index contributed by atoms with van der Waals surface area (Å²) in [6.45, 7) is 3.75. The van der Waals surface area contributed by atoms with Gasteiger partial charge in [-0.3, -0.25) is 9.59 Å². The van der Waals surface area contributed by atoms with Crippen LogP contribution in [0.25, 0.3) is 10.9 Å². The van der Waals surface area contributed by atoms with Crippen LogP contribution in [0.1, 0.15) is 54.2 Å². The number of pyridine rings is 1. The van der Waals surface area contributed by atoms with Gasteiger partial charge in [-0.05, 0) is 58.2 Å². The molecule has 1 aliphatic heterocycles. The molecule has 1 amide bonds. The van der Waals surface area contributed by atoms with Crippen molar-refractivity contribution in [1.82, 2.24) is 4.57 Å². The maximum absolute atomic E-state index is 15.3. The lowest BCUT2D eigenvalue weighted by atomic mass is 9.98. The van der Waals surface area contributed by atoms with Crippen LogP contribution in [0.3, 0.4) is 0 Å². The highest BCUT2D eigenvalue weighted by molar-refractivity contribution is 14.1. The van der Waals surface area contributed by atoms with E-state index < -0.39 is 34.6 Å². The number of aliphatic hydroxyl groups is 1. The number of carbonyl (C=O) groups is 2. The lowest BCUT2D eigenvalue weighted by molar-refractivity contribution is -0.117. The second-order valence-electron chi connectivity index (χ2n) is 9.58. The monoisotopic (exact) mass is 640 g/mol. The fourth-order valence-electron chi connectivity index (χ4n) is 4.87. The summed E-state index contributed by atoms with van der Waals surface area (Å²) in [4.78, 5) is 38.6. The van der Waals surface area contributed by atoms with Crippen LogP contribution in [0.15, 0.2) is 29.2 Å². The Morgan fingerprint density at radius 1 is 1.16 bits per heavy atom. The minimum Gasteiger partial charge on any atom is -0.496 e. The fourth-order valence-corrected chi connectivity index (χ4v) is 5.49. The quantitative estimate of drug-likeness (QED) is 0.278. The first-order valence-corrected chi connectivity index (χ1v) is 13.1. The van der Waals surface area contributed by atoms with Crippen molar-refractivity contribution in [3.63, 3.8) is 0 Å². The third kappa shape index (κ3) is 4.89. The minimum absolute atomic E-state index is 0.00806. The van der Waals surface area contributed by atoms with Gasteiger partial charge >= 0.3 is 5.97 Å². The van der Waals surface area contributed by atoms with E-state index in [4.69, 9.17) is 4.74 Å². The van der Waals surface area contributed by atoms with E-state index in [9.17, 15) is 29.0 Å². The molecule has 38 heavy (non-hydrogen) atoms. The van der Waals surface area contributed by atoms with Crippen molar-refractivity contribution in [3.8, 4) is 5.75 Å². The first kappa shape index (κ1) is 28.0. The van der Waals surface area contributed by atoms with E-state index in [1.807, 2.05) is 13.8 Å². The molecule has 0 radical (unpaired) electrons. The highest BCUT2D eigenvalue weighted by atomic mass is 127. The largest absolute Gasteiger partial charge is 0.496 e. The number of methoxy groups -OCH3 is 1. The van der Waals surface area contributed by atoms with Gasteiger partial charge in [0.15, 0.2) is 5.82 Å². The summed E-state index contributed by atoms with van der Waals surface area (Å²) in [5.74, 6) is -3.07. The van der Waals surface area contributed by atoms with Crippen LogP contribution in [0.4, 0.5) is 14.5 Å². The summed E-state index contributed by atoms with van der Waals surface area (Å²) >= 11 is 1.57. The summed E-state index contributed by atoms with van der Waals surface area (Å²) < 4.78 is 37.1. The lowest BCUT2D eigenvalue weighted by Gasteiger charge is -2.25. The average molecular weight is 640 g/mol. The maximum Gasteiger partial charge on any atom is 0.341 e. The zero-order valence-corrected chi connectivity index (χ0v) is 23.2. The first-order valence-electron chi connectivity index (χ1n) is 12.1. The van der Waals surface area contributed by atoms with E-state index in [2.05, 4.69) is 0 Å². The van der Waals surface area contributed by atoms with E-state index in [0.29, 0.717) is 29.8 Å². The highest BCUT2D eigenvalue weighted by Gasteiger charge is 2.28. The first-order chi connectivity index (χ1) is 18.0. The molecule has 0 bridgehead atoms. The average Bonchev–Trinajstić information content (AvgIpc) is 3.30. The van der Waals surface area contributed by atoms with Crippen molar-refractivity contribution in [2.75, 3.05) is 25.2 Å². The molecule has 2 N–H and O–H groups in total. The second-order valence-corrected chi connectivity index (χ2v) is 10.7. The molecular weight excluding hydrogens is 613 g/mol. The number of aromatic nitrogens is 1. The number of halogens is 3. The van der Waals surface area contributed by atoms with Crippen LogP contribution >= 0.6 is 22.6 Å². The number of rotatable bonds is 8. The molecule has 0 saturated carbocycles. The van der Waals surface area contributed by atoms with Crippen molar-refractivity contribution >= 4 is 51.1 Å². The Morgan fingerprint density at radius 3 is 2.42 bits per heavy atom. The summed E-state index contributed by atoms with van der Waals surface area (Å²) in [5.41, 5.74) is -0.391. The van der Waals surface area contributed by atoms with Gasteiger partial charge < -0.3 is 24.4 Å². The third-order valence-electron chi connectivity index (χ3n) is 6.93. The number of fused-ring (bicyclic) bond motifs is 1. The minimum atomic E-state index is -1.41. The molecule has 1 fully saturated rings. The molecule has 202 valence electrons. The van der Waals surface area contributed by atoms with Crippen LogP contribution in [-0.4, -0.2) is 46.9 Å². The topological polar surface area (TPSA) is 109 Å². The molecule has 0 spiro atoms. The molecule has 0 aliphatic carbocycles. The summed E-state index contributed by atoms with van der Waals surface area (Å²) in [6.07, 6.45) is 1.96. The Morgan fingerprint density at radius 2 is 1.87 bits per heavy atom. The van der Waals surface area contributed by atoms with Crippen LogP contribution in [0, 0.1) is 21.1 Å². The second kappa shape index (κ2) is 11.0. The van der Waals surface area contributed by atoms with E-state index in [1.165, 1.54) is 30.3 Å². The van der Waals surface area contributed by atoms with Gasteiger partial charge in [-0.1, -0.05) is 13.8 Å². The van der Waals surface area contributed by atoms with Gasteiger partial charge in [0.05, 0.1) is 34.5 Å². The predicted octanol–water partition coefficient (Wildman–Crippen LogP) is 4.50. The van der Waals surface area contributed by atoms with E-state index in [-0.39, 0.29) is 51.5 Å². The van der Waals surface area contributed by atoms with Crippen molar-refractivity contribution in [2.45, 2.75) is 39.2 Å². The molecule has 1 aliphatic rings. The normalized spacial score (nSPS) is 14.5. The molecule has 1 aromatic heterocycles. The molecule has 0 unspecified atom stereocenters. The van der Waals surface area contributed by atoms with Gasteiger partial charge in [-0.2, -0.15) is 0 Å². The molecular formula is C27H27F2IN2O6. The number of anilines is 1. The lowest BCUT2D eigenvalue weighted by Crippen LogP contribution is -2.26. The fraction of sp³-hybridized carbons (Fsp3) is 0.370. The van der Waals surface area contributed by atoms with Crippen molar-refractivity contribution < 1.29 is 33.3 Å². The van der Waals surface area contributed by atoms with Crippen molar-refractivity contribution in [2.24, 2.45) is 5.92 Å². The Kier molecular flexibility index (Phi) is 8.07. The highest BCUT2D eigenvalue weighted by Crippen LogP contribution is 2.35. The van der Waals surface area contributed by atoms with Crippen LogP contribution in [-0.2, 0) is 11.2 Å². The number of hydrogen-bond acceptors (Lipinski definition) is 5. The van der Waals surface area contributed by atoms with Crippen molar-refractivity contribution in [1.29, 1.82) is 0 Å². The summed E-state index contributed by atoms with van der Waals surface area (Å²) in [6, 6.07) is 3.78. The Hall–Kier alpha value is -3.06. The number of aromatic carboxylic acids is 1. The van der Waals surface area contributed by atoms with Gasteiger partial charge in [0.2, 0.25) is 11.3 Å². The molecule has 4 rings (SSSR count). The van der Waals surface area contributed by atoms with Crippen molar-refractivity contribution in [3.05, 3.63) is 66.5 Å². The summed E-state index contributed by atoms with van der Waals surface area (Å²) in [7, 11) is 1.41. The SMILES string of the molecule is COc1cc2c(cc1Cc1cc(N3CCCC3=O)c(F)c(I)c1F)c(=O)c(C(=O)O)cn2[C@H](CO)C(C)C. The third-order valence-corrected chi connectivity index (χ3v) is 7.87. The molecule has 2 aromatic carbocycles. The van der Waals surface area contributed by atoms with E-state index in [0.717, 1.165) is 0 Å². The summed E-state index contributed by atoms with van der Waals surface area (Å²) in [5, 5.41) is 19.8. The molecule has 11 heteroatoms. The van der Waals surface area contributed by atoms with Crippen LogP contribution < -0.4 is 15.1 Å². The molecule has 8 nitrogen and oxygen atoms in total. The number of ether oxygens (including phenoxy) is 1. The zero-order chi connectivity index (χ0) is 27.9. The Balaban J connectivity index is 1.94. The Bertz CT molecular complexity index is 1500. The van der Waals surface area contributed by atoms with E-state index >= 15 is 4.39 Å². The predicted molar refractivity (Wildman–Crippen MR) is 146 cm³/mol. The van der Waals surface area contributed by atoms with Gasteiger partial charge in [-0.15, -0.1) is 0 Å². The van der Waals surface area contributed by atoms with Gasteiger partial charge in [0.1, 0.15) is 17.1 Å². The number of carboxylic acid groups (broad SMARTS) is 1. The number of benzene rings is 2. The van der Waals surface area contributed by atoms with Gasteiger partial charge in [-0.25, -0.2) is 13.6 Å². The van der Waals surface area contributed by atoms with Crippen LogP contribution in [0.5, 0.6) is 5.75 Å². The zero-order valence-electron chi connectivity index (χ0n) is 21.1. The van der Waals surface area contributed by atoms with Gasteiger partial charge in [0.25, 0.3) is 0 Å². The number of carboxylic acids is 1. The smallest absolute Gasteiger partial charge is 0.341 e. The Labute approximate surface area is 231 Å². The molecule has 1 atom stereocenters. The standard InChI is InChI=1S/C27H27F2IN2O6/c1-13(2)20(12-33)32-11-17(27(36)37)26(35)16-8-14(21(38-3)10-18(16)32)7-15-9-19(24(29)25(30)23(15)28)31-6-4-5-22(31)34/h8-11,13,20,33H,4-7,12H2,1-3H3,(H,36,37)/t20-/m1/s1. The maximum atomic E-state index is 15.3. The number of amides is 1. The molecule has 3 aromatic rings. The van der Waals surface area contributed by atoms with Gasteiger partial charge in [0, 0.05) is 37.0 Å². The number of nitrogens with zero attached hydrogens (tertiary/aromatic N) is 2. The number of aliphatic hydroxyl groups excluding tert-OH is 1. The van der Waals surface area contributed by atoms with Crippen LogP contribution in [0.2, 0.25) is 0 Å².